The average Bonchev–Trinajstić information content (AvgIpc) is 2.35. The smallest absolute Gasteiger partial charge is 0.404 e. The number of nitrogens with two attached hydrogens (primary N) is 1. The van der Waals surface area contributed by atoms with Crippen molar-refractivity contribution in [3.63, 3.8) is 0 Å². The van der Waals surface area contributed by atoms with Gasteiger partial charge in [-0.05, 0) is 19.0 Å². The highest BCUT2D eigenvalue weighted by Gasteiger charge is 2.07. The molecule has 0 aliphatic rings. The van der Waals surface area contributed by atoms with Crippen LogP contribution in [0.2, 0.25) is 0 Å². The molecule has 0 aliphatic carbocycles. The zero-order valence-corrected chi connectivity index (χ0v) is 10.7. The third-order valence-corrected chi connectivity index (χ3v) is 2.23. The van der Waals surface area contributed by atoms with Crippen LogP contribution in [-0.2, 0) is 6.42 Å². The number of nitrogens with one attached hydrogen (secondary N) is 2. The highest BCUT2D eigenvalue weighted by atomic mass is 16.4. The van der Waals surface area contributed by atoms with E-state index in [1.54, 1.807) is 0 Å². The third kappa shape index (κ3) is 10.6. The van der Waals surface area contributed by atoms with E-state index in [-0.39, 0.29) is 6.04 Å². The molecule has 7 nitrogen and oxygen atoms in total. The van der Waals surface area contributed by atoms with Crippen molar-refractivity contribution in [2.24, 2.45) is 5.73 Å². The Labute approximate surface area is 111 Å². The lowest BCUT2D eigenvalue weighted by molar-refractivity contribution is 0.193. The lowest BCUT2D eigenvalue weighted by Gasteiger charge is -2.15. The Balaban J connectivity index is 0.000000711. The van der Waals surface area contributed by atoms with Crippen LogP contribution in [0.5, 0.6) is 0 Å². The van der Waals surface area contributed by atoms with Crippen molar-refractivity contribution in [2.45, 2.75) is 12.5 Å². The van der Waals surface area contributed by atoms with Crippen LogP contribution in [0.25, 0.3) is 0 Å². The standard InChI is InChI=1S/C11H16N2O2.CH3NO2/c1-12-10(8-13-11(14)15)7-9-5-3-2-4-6-9;2-1(3)4/h2-6,10,12-13H,7-8H2,1H3,(H,14,15);2H2,(H,3,4)/t10-;/m1./s1. The molecule has 0 unspecified atom stereocenters. The van der Waals surface area contributed by atoms with Crippen molar-refractivity contribution >= 4 is 12.2 Å². The first-order valence-corrected chi connectivity index (χ1v) is 5.62. The molecule has 0 heterocycles. The number of amides is 2. The van der Waals surface area contributed by atoms with E-state index in [4.69, 9.17) is 15.0 Å². The molecule has 106 valence electrons. The minimum Gasteiger partial charge on any atom is -0.465 e. The summed E-state index contributed by atoms with van der Waals surface area (Å²) < 4.78 is 0. The van der Waals surface area contributed by atoms with Crippen LogP contribution in [0.4, 0.5) is 9.59 Å². The quantitative estimate of drug-likeness (QED) is 0.538. The largest absolute Gasteiger partial charge is 0.465 e. The Kier molecular flexibility index (Phi) is 8.55. The Morgan fingerprint density at radius 3 is 2.21 bits per heavy atom. The summed E-state index contributed by atoms with van der Waals surface area (Å²) in [6.07, 6.45) is -1.50. The number of primary amides is 1. The lowest BCUT2D eigenvalue weighted by atomic mass is 10.1. The number of likely N-dealkylation sites (N-methyl/N-ethyl adjacent to an activating group) is 1. The monoisotopic (exact) mass is 269 g/mol. The van der Waals surface area contributed by atoms with E-state index >= 15 is 0 Å². The first-order valence-electron chi connectivity index (χ1n) is 5.62. The summed E-state index contributed by atoms with van der Waals surface area (Å²) in [6, 6.07) is 10.1. The van der Waals surface area contributed by atoms with Gasteiger partial charge in [0.2, 0.25) is 0 Å². The summed E-state index contributed by atoms with van der Waals surface area (Å²) in [4.78, 5) is 19.1. The zero-order chi connectivity index (χ0) is 14.7. The van der Waals surface area contributed by atoms with Crippen molar-refractivity contribution in [3.05, 3.63) is 35.9 Å². The van der Waals surface area contributed by atoms with E-state index in [0.717, 1.165) is 6.42 Å². The van der Waals surface area contributed by atoms with E-state index in [9.17, 15) is 4.79 Å². The molecule has 2 amide bonds. The van der Waals surface area contributed by atoms with Crippen molar-refractivity contribution in [1.29, 1.82) is 0 Å². The van der Waals surface area contributed by atoms with E-state index in [0.29, 0.717) is 6.54 Å². The van der Waals surface area contributed by atoms with Gasteiger partial charge in [0.1, 0.15) is 0 Å². The molecule has 0 aromatic heterocycles. The van der Waals surface area contributed by atoms with Crippen molar-refractivity contribution in [1.82, 2.24) is 10.6 Å². The Hall–Kier alpha value is -2.28. The minimum absolute atomic E-state index is 0.128. The fourth-order valence-electron chi connectivity index (χ4n) is 1.39. The summed E-state index contributed by atoms with van der Waals surface area (Å²) in [6.45, 7) is 0.417. The van der Waals surface area contributed by atoms with Gasteiger partial charge >= 0.3 is 12.2 Å². The van der Waals surface area contributed by atoms with Crippen LogP contribution in [0, 0.1) is 0 Å². The Morgan fingerprint density at radius 1 is 1.26 bits per heavy atom. The second-order valence-corrected chi connectivity index (χ2v) is 3.70. The van der Waals surface area contributed by atoms with E-state index in [2.05, 4.69) is 16.4 Å². The van der Waals surface area contributed by atoms with E-state index < -0.39 is 12.2 Å². The van der Waals surface area contributed by atoms with Crippen molar-refractivity contribution in [3.8, 4) is 0 Å². The second-order valence-electron chi connectivity index (χ2n) is 3.70. The Bertz CT molecular complexity index is 380. The zero-order valence-electron chi connectivity index (χ0n) is 10.7. The molecule has 0 aliphatic heterocycles. The molecule has 0 spiro atoms. The van der Waals surface area contributed by atoms with E-state index in [1.165, 1.54) is 5.56 Å². The maximum Gasteiger partial charge on any atom is 0.404 e. The fourth-order valence-corrected chi connectivity index (χ4v) is 1.39. The average molecular weight is 269 g/mol. The van der Waals surface area contributed by atoms with Crippen molar-refractivity contribution in [2.75, 3.05) is 13.6 Å². The van der Waals surface area contributed by atoms with Crippen LogP contribution in [-0.4, -0.2) is 42.0 Å². The van der Waals surface area contributed by atoms with Gasteiger partial charge < -0.3 is 26.6 Å². The molecule has 1 rings (SSSR count). The molecule has 7 heteroatoms. The highest BCUT2D eigenvalue weighted by Crippen LogP contribution is 2.02. The topological polar surface area (TPSA) is 125 Å². The summed E-state index contributed by atoms with van der Waals surface area (Å²) in [7, 11) is 1.83. The van der Waals surface area contributed by atoms with Crippen LogP contribution < -0.4 is 16.4 Å². The summed E-state index contributed by atoms with van der Waals surface area (Å²) in [5.74, 6) is 0. The van der Waals surface area contributed by atoms with Crippen molar-refractivity contribution < 1.29 is 19.8 Å². The van der Waals surface area contributed by atoms with Gasteiger partial charge in [0.15, 0.2) is 0 Å². The molecule has 0 radical (unpaired) electrons. The molecular weight excluding hydrogens is 250 g/mol. The first kappa shape index (κ1) is 16.7. The van der Waals surface area contributed by atoms with Crippen LogP contribution in [0.1, 0.15) is 5.56 Å². The summed E-state index contributed by atoms with van der Waals surface area (Å²) in [5, 5.41) is 21.1. The summed E-state index contributed by atoms with van der Waals surface area (Å²) in [5.41, 5.74) is 5.23. The van der Waals surface area contributed by atoms with Crippen LogP contribution >= 0.6 is 0 Å². The molecule has 0 bridgehead atoms. The number of rotatable bonds is 5. The normalized spacial score (nSPS) is 10.8. The number of hydrogen-bond acceptors (Lipinski definition) is 3. The maximum atomic E-state index is 10.3. The molecule has 0 saturated heterocycles. The number of benzene rings is 1. The van der Waals surface area contributed by atoms with Gasteiger partial charge in [-0.25, -0.2) is 9.59 Å². The molecule has 1 aromatic rings. The molecule has 19 heavy (non-hydrogen) atoms. The highest BCUT2D eigenvalue weighted by molar-refractivity contribution is 5.64. The van der Waals surface area contributed by atoms with Gasteiger partial charge in [-0.1, -0.05) is 30.3 Å². The van der Waals surface area contributed by atoms with Gasteiger partial charge in [0.05, 0.1) is 0 Å². The van der Waals surface area contributed by atoms with E-state index in [1.807, 2.05) is 37.4 Å². The molecule has 1 atom stereocenters. The number of hydrogen-bond donors (Lipinski definition) is 5. The maximum absolute atomic E-state index is 10.3. The summed E-state index contributed by atoms with van der Waals surface area (Å²) >= 11 is 0. The number of carbonyl (C=O) groups is 2. The van der Waals surface area contributed by atoms with Gasteiger partial charge in [-0.15, -0.1) is 0 Å². The second kappa shape index (κ2) is 9.72. The predicted octanol–water partition coefficient (Wildman–Crippen LogP) is 0.708. The molecule has 0 fully saturated rings. The van der Waals surface area contributed by atoms with Gasteiger partial charge in [-0.2, -0.15) is 0 Å². The first-order chi connectivity index (χ1) is 8.95. The molecule has 6 N–H and O–H groups in total. The predicted molar refractivity (Wildman–Crippen MR) is 71.2 cm³/mol. The van der Waals surface area contributed by atoms with Crippen LogP contribution in [0.3, 0.4) is 0 Å². The fraction of sp³-hybridized carbons (Fsp3) is 0.333. The van der Waals surface area contributed by atoms with Gasteiger partial charge in [0, 0.05) is 12.6 Å². The molecular formula is C12H19N3O4. The van der Waals surface area contributed by atoms with Gasteiger partial charge in [0.25, 0.3) is 0 Å². The number of carboxylic acid groups (broad SMARTS) is 2. The molecule has 1 aromatic carbocycles. The van der Waals surface area contributed by atoms with Gasteiger partial charge in [-0.3, -0.25) is 0 Å². The lowest BCUT2D eigenvalue weighted by Crippen LogP contribution is -2.40. The molecule has 0 saturated carbocycles. The Morgan fingerprint density at radius 2 is 1.79 bits per heavy atom. The minimum atomic E-state index is -1.33. The third-order valence-electron chi connectivity index (χ3n) is 2.23. The van der Waals surface area contributed by atoms with Crippen LogP contribution in [0.15, 0.2) is 30.3 Å². The SMILES string of the molecule is CN[C@@H](CNC(=O)O)Cc1ccccc1.NC(=O)O.